The number of aromatic amines is 1. The van der Waals surface area contributed by atoms with Crippen LogP contribution in [-0.4, -0.2) is 47.0 Å². The average Bonchev–Trinajstić information content (AvgIpc) is 3.20. The van der Waals surface area contributed by atoms with Crippen molar-refractivity contribution in [1.29, 1.82) is 10.7 Å². The van der Waals surface area contributed by atoms with Crippen molar-refractivity contribution in [2.75, 3.05) is 19.7 Å². The lowest BCUT2D eigenvalue weighted by atomic mass is 9.80. The number of hydrogen-bond donors (Lipinski definition) is 2. The molecule has 2 aliphatic rings. The zero-order valence-corrected chi connectivity index (χ0v) is 20.0. The Labute approximate surface area is 194 Å². The molecule has 0 spiro atoms. The smallest absolute Gasteiger partial charge is 0.127 e. The molecule has 2 aliphatic heterocycles. The SMILES string of the molecule is CCOc1c(C(C)C2N=C(C)C(=N)c3cc[nH]c32)cc(Cl)c(C#N)c1C1CN(C(C)C)C1. The normalized spacial score (nSPS) is 19.9. The van der Waals surface area contributed by atoms with Crippen LogP contribution in [-0.2, 0) is 0 Å². The first-order valence-electron chi connectivity index (χ1n) is 11.2. The van der Waals surface area contributed by atoms with E-state index in [2.05, 4.69) is 36.7 Å². The average molecular weight is 452 g/mol. The van der Waals surface area contributed by atoms with Gasteiger partial charge in [-0.15, -0.1) is 0 Å². The number of rotatable bonds is 6. The Morgan fingerprint density at radius 3 is 2.72 bits per heavy atom. The molecule has 7 heteroatoms. The van der Waals surface area contributed by atoms with Crippen LogP contribution in [0.5, 0.6) is 5.75 Å². The second-order valence-corrected chi connectivity index (χ2v) is 9.39. The Morgan fingerprint density at radius 2 is 2.09 bits per heavy atom. The van der Waals surface area contributed by atoms with Gasteiger partial charge in [0.05, 0.1) is 34.7 Å². The Balaban J connectivity index is 1.83. The summed E-state index contributed by atoms with van der Waals surface area (Å²) in [5.74, 6) is 0.933. The number of benzene rings is 1. The van der Waals surface area contributed by atoms with Gasteiger partial charge in [-0.25, -0.2) is 0 Å². The fraction of sp³-hybridized carbons (Fsp3) is 0.480. The number of hydrogen-bond acceptors (Lipinski definition) is 5. The molecular formula is C25H30ClN5O. The molecule has 0 radical (unpaired) electrons. The minimum absolute atomic E-state index is 0.0535. The first kappa shape index (κ1) is 22.6. The van der Waals surface area contributed by atoms with E-state index in [4.69, 9.17) is 26.7 Å². The summed E-state index contributed by atoms with van der Waals surface area (Å²) >= 11 is 6.68. The van der Waals surface area contributed by atoms with E-state index in [1.807, 2.05) is 32.2 Å². The number of fused-ring (bicyclic) bond motifs is 1. The molecule has 3 heterocycles. The van der Waals surface area contributed by atoms with Crippen LogP contribution in [0.4, 0.5) is 0 Å². The van der Waals surface area contributed by atoms with Crippen molar-refractivity contribution in [3.05, 3.63) is 51.3 Å². The van der Waals surface area contributed by atoms with Crippen LogP contribution in [0.2, 0.25) is 5.02 Å². The van der Waals surface area contributed by atoms with Gasteiger partial charge in [-0.05, 0) is 39.8 Å². The van der Waals surface area contributed by atoms with Gasteiger partial charge in [0.1, 0.15) is 11.8 Å². The van der Waals surface area contributed by atoms with E-state index in [0.29, 0.717) is 28.9 Å². The van der Waals surface area contributed by atoms with Crippen molar-refractivity contribution in [3.8, 4) is 11.8 Å². The molecule has 2 atom stereocenters. The van der Waals surface area contributed by atoms with Gasteiger partial charge in [0.25, 0.3) is 0 Å². The van der Waals surface area contributed by atoms with Crippen LogP contribution in [0.3, 0.4) is 0 Å². The molecule has 32 heavy (non-hydrogen) atoms. The van der Waals surface area contributed by atoms with Gasteiger partial charge in [-0.3, -0.25) is 15.3 Å². The van der Waals surface area contributed by atoms with Crippen molar-refractivity contribution in [2.24, 2.45) is 4.99 Å². The Bertz CT molecular complexity index is 1120. The molecule has 1 saturated heterocycles. The third-order valence-corrected chi connectivity index (χ3v) is 7.05. The second-order valence-electron chi connectivity index (χ2n) is 8.98. The van der Waals surface area contributed by atoms with Crippen molar-refractivity contribution in [2.45, 2.75) is 58.5 Å². The summed E-state index contributed by atoms with van der Waals surface area (Å²) in [7, 11) is 0. The first-order chi connectivity index (χ1) is 15.3. The van der Waals surface area contributed by atoms with Crippen LogP contribution in [0.15, 0.2) is 23.3 Å². The first-order valence-corrected chi connectivity index (χ1v) is 11.6. The molecule has 1 fully saturated rings. The number of aliphatic imine (C=N–C) groups is 1. The Morgan fingerprint density at radius 1 is 1.38 bits per heavy atom. The van der Waals surface area contributed by atoms with Gasteiger partial charge < -0.3 is 9.72 Å². The minimum Gasteiger partial charge on any atom is -0.493 e. The van der Waals surface area contributed by atoms with Crippen LogP contribution >= 0.6 is 11.6 Å². The van der Waals surface area contributed by atoms with Crippen LogP contribution in [0.25, 0.3) is 0 Å². The van der Waals surface area contributed by atoms with Crippen LogP contribution in [0.1, 0.15) is 80.4 Å². The Hall–Kier alpha value is -2.62. The summed E-state index contributed by atoms with van der Waals surface area (Å²) in [5, 5.41) is 18.8. The van der Waals surface area contributed by atoms with E-state index in [1.165, 1.54) is 0 Å². The summed E-state index contributed by atoms with van der Waals surface area (Å²) < 4.78 is 6.22. The molecule has 0 amide bonds. The lowest BCUT2D eigenvalue weighted by Crippen LogP contribution is -2.49. The highest BCUT2D eigenvalue weighted by atomic mass is 35.5. The molecular weight excluding hydrogens is 422 g/mol. The number of nitrogens with zero attached hydrogens (tertiary/aromatic N) is 3. The molecule has 4 rings (SSSR count). The van der Waals surface area contributed by atoms with Crippen LogP contribution < -0.4 is 4.74 Å². The fourth-order valence-corrected chi connectivity index (χ4v) is 5.11. The molecule has 2 aromatic rings. The van der Waals surface area contributed by atoms with Crippen molar-refractivity contribution in [3.63, 3.8) is 0 Å². The Kier molecular flexibility index (Phi) is 6.15. The zero-order chi connectivity index (χ0) is 23.2. The van der Waals surface area contributed by atoms with E-state index in [9.17, 15) is 5.26 Å². The van der Waals surface area contributed by atoms with Gasteiger partial charge in [-0.2, -0.15) is 5.26 Å². The highest BCUT2D eigenvalue weighted by Gasteiger charge is 2.38. The standard InChI is InChI=1S/C25H30ClN5O/c1-6-32-25-18(14(4)23-24-17(7-8-29-24)22(28)15(5)30-23)9-20(26)19(10-27)21(25)16-11-31(12-16)13(2)3/h7-9,13-14,16,23,28-29H,6,11-12H2,1-5H3. The lowest BCUT2D eigenvalue weighted by molar-refractivity contribution is 0.108. The number of nitrogens with one attached hydrogen (secondary N) is 2. The van der Waals surface area contributed by atoms with Crippen LogP contribution in [0, 0.1) is 16.7 Å². The predicted octanol–water partition coefficient (Wildman–Crippen LogP) is 5.43. The third-order valence-electron chi connectivity index (χ3n) is 6.75. The van der Waals surface area contributed by atoms with E-state index >= 15 is 0 Å². The third kappa shape index (κ3) is 3.64. The molecule has 168 valence electrons. The minimum atomic E-state index is -0.182. The lowest BCUT2D eigenvalue weighted by Gasteiger charge is -2.43. The highest BCUT2D eigenvalue weighted by molar-refractivity contribution is 6.47. The maximum absolute atomic E-state index is 9.93. The molecule has 1 aromatic heterocycles. The van der Waals surface area contributed by atoms with E-state index in [0.717, 1.165) is 46.9 Å². The number of likely N-dealkylation sites (tertiary alicyclic amines) is 1. The van der Waals surface area contributed by atoms with Gasteiger partial charge >= 0.3 is 0 Å². The van der Waals surface area contributed by atoms with Gasteiger partial charge in [-0.1, -0.05) is 18.5 Å². The largest absolute Gasteiger partial charge is 0.493 e. The zero-order valence-electron chi connectivity index (χ0n) is 19.3. The van der Waals surface area contributed by atoms with Crippen molar-refractivity contribution in [1.82, 2.24) is 9.88 Å². The summed E-state index contributed by atoms with van der Waals surface area (Å²) in [6.07, 6.45) is 1.86. The molecule has 1 aromatic carbocycles. The van der Waals surface area contributed by atoms with E-state index in [-0.39, 0.29) is 17.9 Å². The van der Waals surface area contributed by atoms with Crippen molar-refractivity contribution < 1.29 is 4.74 Å². The topological polar surface area (TPSA) is 88.3 Å². The number of H-pyrrole nitrogens is 1. The van der Waals surface area contributed by atoms with E-state index in [1.54, 1.807) is 0 Å². The van der Waals surface area contributed by atoms with E-state index < -0.39 is 0 Å². The summed E-state index contributed by atoms with van der Waals surface area (Å²) in [4.78, 5) is 10.5. The second kappa shape index (κ2) is 8.73. The molecule has 2 N–H and O–H groups in total. The summed E-state index contributed by atoms with van der Waals surface area (Å²) in [6.45, 7) is 12.6. The number of aromatic nitrogens is 1. The van der Waals surface area contributed by atoms with Gasteiger partial charge in [0, 0.05) is 59.5 Å². The predicted molar refractivity (Wildman–Crippen MR) is 129 cm³/mol. The number of ether oxygens (including phenoxy) is 1. The van der Waals surface area contributed by atoms with Gasteiger partial charge in [0.2, 0.25) is 0 Å². The number of nitriles is 1. The molecule has 2 unspecified atom stereocenters. The summed E-state index contributed by atoms with van der Waals surface area (Å²) in [6, 6.07) is 6.43. The highest BCUT2D eigenvalue weighted by Crippen LogP contribution is 2.47. The quantitative estimate of drug-likeness (QED) is 0.613. The molecule has 0 saturated carbocycles. The summed E-state index contributed by atoms with van der Waals surface area (Å²) in [5.41, 5.74) is 5.41. The molecule has 0 aliphatic carbocycles. The van der Waals surface area contributed by atoms with Crippen molar-refractivity contribution >= 4 is 23.0 Å². The maximum Gasteiger partial charge on any atom is 0.127 e. The molecule has 6 nitrogen and oxygen atoms in total. The monoisotopic (exact) mass is 451 g/mol. The number of halogens is 1. The van der Waals surface area contributed by atoms with Gasteiger partial charge in [0.15, 0.2) is 0 Å². The maximum atomic E-state index is 9.93. The molecule has 0 bridgehead atoms. The fourth-order valence-electron chi connectivity index (χ4n) is 4.85.